The molecule has 0 bridgehead atoms. The monoisotopic (exact) mass is 186 g/mol. The van der Waals surface area contributed by atoms with E-state index in [2.05, 4.69) is 10.3 Å². The van der Waals surface area contributed by atoms with Crippen LogP contribution in [0.25, 0.3) is 0 Å². The number of nitrogens with one attached hydrogen (secondary N) is 1. The van der Waals surface area contributed by atoms with E-state index in [1.54, 1.807) is 19.2 Å². The van der Waals surface area contributed by atoms with Crippen molar-refractivity contribution in [2.24, 2.45) is 0 Å². The van der Waals surface area contributed by atoms with Crippen molar-refractivity contribution in [3.05, 3.63) is 18.3 Å². The molecule has 0 radical (unpaired) electrons. The average Bonchev–Trinajstić information content (AvgIpc) is 2.03. The normalized spacial score (nSPS) is 11.2. The summed E-state index contributed by atoms with van der Waals surface area (Å²) in [7, 11) is -1.56. The second-order valence-corrected chi connectivity index (χ2v) is 4.31. The minimum atomic E-state index is -3.22. The van der Waals surface area contributed by atoms with Crippen molar-refractivity contribution in [3.8, 4) is 0 Å². The summed E-state index contributed by atoms with van der Waals surface area (Å²) < 4.78 is 22.2. The highest BCUT2D eigenvalue weighted by atomic mass is 32.2. The van der Waals surface area contributed by atoms with Crippen LogP contribution in [0.2, 0.25) is 0 Å². The molecule has 0 fully saturated rings. The van der Waals surface area contributed by atoms with Gasteiger partial charge in [-0.15, -0.1) is 0 Å². The lowest BCUT2D eigenvalue weighted by Crippen LogP contribution is -2.04. The van der Waals surface area contributed by atoms with Gasteiger partial charge in [-0.05, 0) is 12.1 Å². The highest BCUT2D eigenvalue weighted by molar-refractivity contribution is 7.90. The Balaban J connectivity index is 3.33. The molecule has 0 aromatic carbocycles. The van der Waals surface area contributed by atoms with E-state index in [9.17, 15) is 8.42 Å². The Labute approximate surface area is 71.6 Å². The summed E-state index contributed by atoms with van der Waals surface area (Å²) in [6.07, 6.45) is 2.59. The smallest absolute Gasteiger partial charge is 0.194 e. The molecular formula is C7H10N2O2S. The molecule has 0 aliphatic carbocycles. The maximum Gasteiger partial charge on any atom is 0.194 e. The van der Waals surface area contributed by atoms with Gasteiger partial charge in [0.15, 0.2) is 14.9 Å². The van der Waals surface area contributed by atoms with E-state index in [1.807, 2.05) is 0 Å². The SMILES string of the molecule is CNc1cccnc1S(C)(=O)=O. The van der Waals surface area contributed by atoms with Crippen molar-refractivity contribution in [1.82, 2.24) is 4.98 Å². The maximum absolute atomic E-state index is 11.1. The molecule has 0 atom stereocenters. The Bertz CT molecular complexity index is 373. The molecule has 1 aromatic rings. The van der Waals surface area contributed by atoms with Crippen LogP contribution in [0.4, 0.5) is 5.69 Å². The van der Waals surface area contributed by atoms with Gasteiger partial charge in [0, 0.05) is 19.5 Å². The first-order valence-corrected chi connectivity index (χ1v) is 5.27. The van der Waals surface area contributed by atoms with E-state index >= 15 is 0 Å². The number of rotatable bonds is 2. The van der Waals surface area contributed by atoms with Gasteiger partial charge in [-0.3, -0.25) is 0 Å². The fourth-order valence-corrected chi connectivity index (χ4v) is 1.70. The molecule has 0 spiro atoms. The minimum Gasteiger partial charge on any atom is -0.386 e. The lowest BCUT2D eigenvalue weighted by Gasteiger charge is -2.04. The van der Waals surface area contributed by atoms with Crippen molar-refractivity contribution in [3.63, 3.8) is 0 Å². The highest BCUT2D eigenvalue weighted by Gasteiger charge is 2.12. The number of sulfone groups is 1. The van der Waals surface area contributed by atoms with Crippen LogP contribution in [0.15, 0.2) is 23.4 Å². The molecule has 0 aliphatic rings. The highest BCUT2D eigenvalue weighted by Crippen LogP contribution is 2.16. The Morgan fingerprint density at radius 3 is 2.58 bits per heavy atom. The molecule has 0 aliphatic heterocycles. The number of hydrogen-bond donors (Lipinski definition) is 1. The van der Waals surface area contributed by atoms with Gasteiger partial charge in [-0.1, -0.05) is 0 Å². The second kappa shape index (κ2) is 3.10. The molecule has 1 rings (SSSR count). The predicted molar refractivity (Wildman–Crippen MR) is 46.9 cm³/mol. The molecule has 66 valence electrons. The fraction of sp³-hybridized carbons (Fsp3) is 0.286. The van der Waals surface area contributed by atoms with E-state index in [0.29, 0.717) is 5.69 Å². The molecule has 12 heavy (non-hydrogen) atoms. The van der Waals surface area contributed by atoms with E-state index < -0.39 is 9.84 Å². The van der Waals surface area contributed by atoms with Crippen LogP contribution >= 0.6 is 0 Å². The molecule has 1 aromatic heterocycles. The molecule has 0 amide bonds. The largest absolute Gasteiger partial charge is 0.386 e. The van der Waals surface area contributed by atoms with E-state index in [0.717, 1.165) is 6.26 Å². The van der Waals surface area contributed by atoms with Crippen molar-refractivity contribution in [1.29, 1.82) is 0 Å². The number of hydrogen-bond acceptors (Lipinski definition) is 4. The summed E-state index contributed by atoms with van der Waals surface area (Å²) in [4.78, 5) is 3.77. The van der Waals surface area contributed by atoms with Gasteiger partial charge in [-0.2, -0.15) is 0 Å². The summed E-state index contributed by atoms with van der Waals surface area (Å²) in [5, 5.41) is 2.85. The molecule has 0 saturated heterocycles. The van der Waals surface area contributed by atoms with Gasteiger partial charge in [0.2, 0.25) is 0 Å². The molecular weight excluding hydrogens is 176 g/mol. The number of nitrogens with zero attached hydrogens (tertiary/aromatic N) is 1. The molecule has 1 heterocycles. The van der Waals surface area contributed by atoms with Crippen molar-refractivity contribution >= 4 is 15.5 Å². The quantitative estimate of drug-likeness (QED) is 0.731. The summed E-state index contributed by atoms with van der Waals surface area (Å²) in [6.45, 7) is 0. The molecule has 0 saturated carbocycles. The van der Waals surface area contributed by atoms with Crippen LogP contribution in [0, 0.1) is 0 Å². The maximum atomic E-state index is 11.1. The molecule has 1 N–H and O–H groups in total. The number of pyridine rings is 1. The van der Waals surface area contributed by atoms with Crippen LogP contribution < -0.4 is 5.32 Å². The minimum absolute atomic E-state index is 0.0903. The Morgan fingerprint density at radius 1 is 1.50 bits per heavy atom. The van der Waals surface area contributed by atoms with Gasteiger partial charge in [0.1, 0.15) is 0 Å². The van der Waals surface area contributed by atoms with Gasteiger partial charge in [-0.25, -0.2) is 13.4 Å². The predicted octanol–water partition coefficient (Wildman–Crippen LogP) is 0.527. The van der Waals surface area contributed by atoms with E-state index in [-0.39, 0.29) is 5.03 Å². The van der Waals surface area contributed by atoms with Crippen LogP contribution in [0.5, 0.6) is 0 Å². The summed E-state index contributed by atoms with van der Waals surface area (Å²) in [5.74, 6) is 0. The van der Waals surface area contributed by atoms with E-state index in [1.165, 1.54) is 6.20 Å². The fourth-order valence-electron chi connectivity index (χ4n) is 0.877. The van der Waals surface area contributed by atoms with E-state index in [4.69, 9.17) is 0 Å². The van der Waals surface area contributed by atoms with Gasteiger partial charge < -0.3 is 5.32 Å². The lowest BCUT2D eigenvalue weighted by molar-refractivity contribution is 0.598. The zero-order valence-corrected chi connectivity index (χ0v) is 7.72. The first kappa shape index (κ1) is 8.99. The standard InChI is InChI=1S/C7H10N2O2S/c1-8-6-4-3-5-9-7(6)12(2,10)11/h3-5,8H,1-2H3. The molecule has 0 unspecified atom stereocenters. The van der Waals surface area contributed by atoms with Gasteiger partial charge in [0.05, 0.1) is 5.69 Å². The van der Waals surface area contributed by atoms with Crippen LogP contribution in [0.1, 0.15) is 0 Å². The average molecular weight is 186 g/mol. The molecule has 4 nitrogen and oxygen atoms in total. The van der Waals surface area contributed by atoms with Gasteiger partial charge in [0.25, 0.3) is 0 Å². The Kier molecular flexibility index (Phi) is 2.32. The first-order valence-electron chi connectivity index (χ1n) is 3.38. The molecule has 5 heteroatoms. The van der Waals surface area contributed by atoms with Gasteiger partial charge >= 0.3 is 0 Å². The Morgan fingerprint density at radius 2 is 2.17 bits per heavy atom. The topological polar surface area (TPSA) is 59.1 Å². The summed E-state index contributed by atoms with van der Waals surface area (Å²) >= 11 is 0. The van der Waals surface area contributed by atoms with Crippen molar-refractivity contribution in [2.45, 2.75) is 5.03 Å². The van der Waals surface area contributed by atoms with Crippen molar-refractivity contribution < 1.29 is 8.42 Å². The first-order chi connectivity index (χ1) is 5.55. The zero-order valence-electron chi connectivity index (χ0n) is 6.90. The lowest BCUT2D eigenvalue weighted by atomic mass is 10.4. The number of aromatic nitrogens is 1. The summed E-state index contributed by atoms with van der Waals surface area (Å²) in [5.41, 5.74) is 0.528. The second-order valence-electron chi connectivity index (χ2n) is 2.38. The zero-order chi connectivity index (χ0) is 9.19. The third-order valence-corrected chi connectivity index (χ3v) is 2.42. The van der Waals surface area contributed by atoms with Crippen LogP contribution in [-0.4, -0.2) is 26.7 Å². The van der Waals surface area contributed by atoms with Crippen LogP contribution in [-0.2, 0) is 9.84 Å². The third kappa shape index (κ3) is 1.73. The summed E-state index contributed by atoms with van der Waals surface area (Å²) in [6, 6.07) is 3.35. The number of anilines is 1. The Hall–Kier alpha value is -1.10. The van der Waals surface area contributed by atoms with Crippen molar-refractivity contribution in [2.75, 3.05) is 18.6 Å². The van der Waals surface area contributed by atoms with Crippen LogP contribution in [0.3, 0.4) is 0 Å². The third-order valence-electron chi connectivity index (χ3n) is 1.39.